The molecule has 4 aromatic rings. The standard InChI is InChI=1S/C19H13ClN2O3S2/c1-24-19(23)15-7-6-13(25-15)8-26-17-16-14(9-27-18(16)22-10-21-17)11-2-4-12(20)5-3-11/h2-7,9-10H,8H2,1H3. The number of ether oxygens (including phenoxy) is 1. The number of fused-ring (bicyclic) bond motifs is 1. The van der Waals surface area contributed by atoms with E-state index in [1.807, 2.05) is 24.3 Å². The first-order valence-electron chi connectivity index (χ1n) is 7.93. The van der Waals surface area contributed by atoms with E-state index in [1.165, 1.54) is 18.9 Å². The van der Waals surface area contributed by atoms with E-state index in [0.29, 0.717) is 16.5 Å². The van der Waals surface area contributed by atoms with Crippen molar-refractivity contribution in [1.29, 1.82) is 0 Å². The second kappa shape index (κ2) is 7.72. The third-order valence-electron chi connectivity index (χ3n) is 3.89. The van der Waals surface area contributed by atoms with Gasteiger partial charge in [0.15, 0.2) is 0 Å². The number of halogens is 1. The summed E-state index contributed by atoms with van der Waals surface area (Å²) >= 11 is 9.12. The molecule has 0 saturated carbocycles. The lowest BCUT2D eigenvalue weighted by Crippen LogP contribution is -1.98. The highest BCUT2D eigenvalue weighted by Crippen LogP contribution is 2.39. The van der Waals surface area contributed by atoms with Crippen molar-refractivity contribution < 1.29 is 13.9 Å². The highest BCUT2D eigenvalue weighted by molar-refractivity contribution is 7.98. The minimum Gasteiger partial charge on any atom is -0.463 e. The van der Waals surface area contributed by atoms with Crippen LogP contribution in [0.5, 0.6) is 0 Å². The maximum absolute atomic E-state index is 11.5. The van der Waals surface area contributed by atoms with E-state index in [-0.39, 0.29) is 5.76 Å². The second-order valence-corrected chi connectivity index (χ2v) is 7.82. The largest absolute Gasteiger partial charge is 0.463 e. The number of hydrogen-bond acceptors (Lipinski definition) is 7. The van der Waals surface area contributed by atoms with Crippen molar-refractivity contribution in [2.24, 2.45) is 0 Å². The Hall–Kier alpha value is -2.35. The van der Waals surface area contributed by atoms with E-state index in [2.05, 4.69) is 20.1 Å². The third kappa shape index (κ3) is 3.71. The number of rotatable bonds is 5. The number of esters is 1. The predicted octanol–water partition coefficient (Wildman–Crippen LogP) is 5.68. The van der Waals surface area contributed by atoms with Crippen LogP contribution in [0.1, 0.15) is 16.3 Å². The lowest BCUT2D eigenvalue weighted by molar-refractivity contribution is 0.0563. The van der Waals surface area contributed by atoms with Crippen molar-refractivity contribution in [3.05, 3.63) is 64.6 Å². The van der Waals surface area contributed by atoms with E-state index in [9.17, 15) is 4.79 Å². The third-order valence-corrected chi connectivity index (χ3v) is 6.04. The second-order valence-electron chi connectivity index (χ2n) is 5.56. The van der Waals surface area contributed by atoms with Gasteiger partial charge in [0.2, 0.25) is 5.76 Å². The number of thiophene rings is 1. The molecule has 0 saturated heterocycles. The first-order chi connectivity index (χ1) is 13.2. The summed E-state index contributed by atoms with van der Waals surface area (Å²) < 4.78 is 10.2. The fraction of sp³-hybridized carbons (Fsp3) is 0.105. The van der Waals surface area contributed by atoms with Crippen molar-refractivity contribution in [3.63, 3.8) is 0 Å². The Bertz CT molecular complexity index is 1110. The van der Waals surface area contributed by atoms with Gasteiger partial charge in [-0.2, -0.15) is 0 Å². The number of hydrogen-bond donors (Lipinski definition) is 0. The predicted molar refractivity (Wildman–Crippen MR) is 107 cm³/mol. The maximum atomic E-state index is 11.5. The van der Waals surface area contributed by atoms with E-state index in [0.717, 1.165) is 26.4 Å². The van der Waals surface area contributed by atoms with Crippen LogP contribution in [0.4, 0.5) is 0 Å². The lowest BCUT2D eigenvalue weighted by atomic mass is 10.1. The molecule has 0 spiro atoms. The molecule has 0 fully saturated rings. The van der Waals surface area contributed by atoms with Gasteiger partial charge in [-0.25, -0.2) is 14.8 Å². The summed E-state index contributed by atoms with van der Waals surface area (Å²) in [7, 11) is 1.33. The summed E-state index contributed by atoms with van der Waals surface area (Å²) in [5.41, 5.74) is 2.14. The molecule has 0 aliphatic carbocycles. The van der Waals surface area contributed by atoms with Crippen LogP contribution in [0.3, 0.4) is 0 Å². The Morgan fingerprint density at radius 1 is 1.22 bits per heavy atom. The summed E-state index contributed by atoms with van der Waals surface area (Å²) in [5, 5.41) is 4.65. The molecule has 0 N–H and O–H groups in total. The molecule has 3 heterocycles. The van der Waals surface area contributed by atoms with Crippen molar-refractivity contribution >= 4 is 50.9 Å². The molecule has 1 aromatic carbocycles. The van der Waals surface area contributed by atoms with Gasteiger partial charge in [0.1, 0.15) is 21.9 Å². The molecular weight excluding hydrogens is 404 g/mol. The van der Waals surface area contributed by atoms with E-state index in [1.54, 1.807) is 29.8 Å². The molecule has 27 heavy (non-hydrogen) atoms. The quantitative estimate of drug-likeness (QED) is 0.237. The number of carbonyl (C=O) groups is 1. The Labute approximate surface area is 168 Å². The number of aromatic nitrogens is 2. The topological polar surface area (TPSA) is 65.2 Å². The van der Waals surface area contributed by atoms with Gasteiger partial charge in [-0.1, -0.05) is 35.5 Å². The number of carbonyl (C=O) groups excluding carboxylic acids is 1. The molecule has 0 atom stereocenters. The smallest absolute Gasteiger partial charge is 0.373 e. The molecule has 4 rings (SSSR count). The number of furan rings is 1. The first kappa shape index (κ1) is 18.0. The maximum Gasteiger partial charge on any atom is 0.373 e. The molecule has 136 valence electrons. The molecular formula is C19H13ClN2O3S2. The van der Waals surface area contributed by atoms with Crippen LogP contribution in [0.2, 0.25) is 5.02 Å². The Kier molecular flexibility index (Phi) is 5.15. The Balaban J connectivity index is 1.64. The number of thioether (sulfide) groups is 1. The van der Waals surface area contributed by atoms with Gasteiger partial charge >= 0.3 is 5.97 Å². The van der Waals surface area contributed by atoms with Crippen LogP contribution in [-0.2, 0) is 10.5 Å². The average Bonchev–Trinajstić information content (AvgIpc) is 3.34. The van der Waals surface area contributed by atoms with Crippen LogP contribution in [0.15, 0.2) is 57.5 Å². The van der Waals surface area contributed by atoms with Gasteiger partial charge in [0.05, 0.1) is 18.2 Å². The summed E-state index contributed by atoms with van der Waals surface area (Å²) in [6.45, 7) is 0. The molecule has 0 amide bonds. The molecule has 0 aliphatic rings. The van der Waals surface area contributed by atoms with Gasteiger partial charge in [-0.3, -0.25) is 0 Å². The molecule has 3 aromatic heterocycles. The van der Waals surface area contributed by atoms with E-state index < -0.39 is 5.97 Å². The van der Waals surface area contributed by atoms with Gasteiger partial charge in [0.25, 0.3) is 0 Å². The van der Waals surface area contributed by atoms with Gasteiger partial charge in [-0.15, -0.1) is 11.3 Å². The summed E-state index contributed by atoms with van der Waals surface area (Å²) in [6, 6.07) is 11.1. The summed E-state index contributed by atoms with van der Waals surface area (Å²) in [4.78, 5) is 21.3. The minimum absolute atomic E-state index is 0.193. The fourth-order valence-corrected chi connectivity index (χ4v) is 4.62. The number of benzene rings is 1. The summed E-state index contributed by atoms with van der Waals surface area (Å²) in [5.74, 6) is 0.922. The zero-order valence-corrected chi connectivity index (χ0v) is 16.5. The monoisotopic (exact) mass is 416 g/mol. The van der Waals surface area contributed by atoms with Crippen LogP contribution in [0.25, 0.3) is 21.3 Å². The van der Waals surface area contributed by atoms with Crippen molar-refractivity contribution in [2.45, 2.75) is 10.8 Å². The Morgan fingerprint density at radius 2 is 2.04 bits per heavy atom. The van der Waals surface area contributed by atoms with Crippen LogP contribution in [-0.4, -0.2) is 23.0 Å². The number of nitrogens with zero attached hydrogens (tertiary/aromatic N) is 2. The van der Waals surface area contributed by atoms with Crippen LogP contribution < -0.4 is 0 Å². The van der Waals surface area contributed by atoms with Gasteiger partial charge in [-0.05, 0) is 29.8 Å². The molecule has 0 aliphatic heterocycles. The normalized spacial score (nSPS) is 11.0. The van der Waals surface area contributed by atoms with Crippen molar-refractivity contribution in [1.82, 2.24) is 9.97 Å². The lowest BCUT2D eigenvalue weighted by Gasteiger charge is -2.05. The number of methoxy groups -OCH3 is 1. The molecule has 5 nitrogen and oxygen atoms in total. The van der Waals surface area contributed by atoms with Gasteiger partial charge in [0, 0.05) is 16.0 Å². The molecule has 8 heteroatoms. The minimum atomic E-state index is -0.487. The molecule has 0 radical (unpaired) electrons. The fourth-order valence-electron chi connectivity index (χ4n) is 2.60. The van der Waals surface area contributed by atoms with Crippen LogP contribution >= 0.6 is 34.7 Å². The zero-order valence-electron chi connectivity index (χ0n) is 14.1. The summed E-state index contributed by atoms with van der Waals surface area (Å²) in [6.07, 6.45) is 1.56. The Morgan fingerprint density at radius 3 is 2.81 bits per heavy atom. The SMILES string of the molecule is COC(=O)c1ccc(CSc2ncnc3scc(-c4ccc(Cl)cc4)c23)o1. The zero-order chi connectivity index (χ0) is 18.8. The van der Waals surface area contributed by atoms with E-state index in [4.69, 9.17) is 16.0 Å². The van der Waals surface area contributed by atoms with Crippen molar-refractivity contribution in [3.8, 4) is 11.1 Å². The van der Waals surface area contributed by atoms with Gasteiger partial charge < -0.3 is 9.15 Å². The molecule has 0 bridgehead atoms. The molecule has 0 unspecified atom stereocenters. The van der Waals surface area contributed by atoms with E-state index >= 15 is 0 Å². The van der Waals surface area contributed by atoms with Crippen molar-refractivity contribution in [2.75, 3.05) is 7.11 Å². The average molecular weight is 417 g/mol. The van der Waals surface area contributed by atoms with Crippen LogP contribution in [0, 0.1) is 0 Å². The highest BCUT2D eigenvalue weighted by atomic mass is 35.5. The first-order valence-corrected chi connectivity index (χ1v) is 10.2. The highest BCUT2D eigenvalue weighted by Gasteiger charge is 2.15.